The number of piperidine rings is 1. The summed E-state index contributed by atoms with van der Waals surface area (Å²) in [6, 6.07) is 25.0. The van der Waals surface area contributed by atoms with Crippen LogP contribution in [0.1, 0.15) is 24.2 Å². The zero-order valence-corrected chi connectivity index (χ0v) is 24.7. The van der Waals surface area contributed by atoms with Crippen LogP contribution in [0, 0.1) is 22.4 Å². The quantitative estimate of drug-likeness (QED) is 0.191. The third-order valence-electron chi connectivity index (χ3n) is 8.20. The van der Waals surface area contributed by atoms with Crippen molar-refractivity contribution in [1.82, 2.24) is 29.4 Å². The molecule has 0 saturated carbocycles. The molecular weight excluding hydrogens is 583 g/mol. The number of pyridine rings is 2. The molecule has 1 aliphatic heterocycles. The van der Waals surface area contributed by atoms with E-state index in [-0.39, 0.29) is 17.7 Å². The second kappa shape index (κ2) is 12.2. The van der Waals surface area contributed by atoms with Crippen LogP contribution in [-0.2, 0) is 6.54 Å². The van der Waals surface area contributed by atoms with Crippen molar-refractivity contribution in [2.24, 2.45) is 0 Å². The van der Waals surface area contributed by atoms with E-state index in [9.17, 15) is 9.60 Å². The van der Waals surface area contributed by atoms with Gasteiger partial charge in [0.2, 0.25) is 11.6 Å². The number of aromatic nitrogens is 6. The fourth-order valence-electron chi connectivity index (χ4n) is 5.89. The van der Waals surface area contributed by atoms with Crippen molar-refractivity contribution < 1.29 is 9.12 Å². The Morgan fingerprint density at radius 2 is 1.74 bits per heavy atom. The highest BCUT2D eigenvalue weighted by atomic mass is 19.1. The van der Waals surface area contributed by atoms with Gasteiger partial charge in [-0.05, 0) is 85.1 Å². The predicted molar refractivity (Wildman–Crippen MR) is 172 cm³/mol. The third-order valence-corrected chi connectivity index (χ3v) is 8.20. The molecule has 0 amide bonds. The zero-order chi connectivity index (χ0) is 31.6. The van der Waals surface area contributed by atoms with Gasteiger partial charge >= 0.3 is 5.65 Å². The highest BCUT2D eigenvalue weighted by molar-refractivity contribution is 5.82. The van der Waals surface area contributed by atoms with Gasteiger partial charge in [-0.15, -0.1) is 0 Å². The molecule has 5 heterocycles. The largest absolute Gasteiger partial charge is 0.710 e. The van der Waals surface area contributed by atoms with Crippen LogP contribution in [-0.4, -0.2) is 48.5 Å². The number of fused-ring (bicyclic) bond motifs is 1. The number of imidazole rings is 1. The molecule has 7 rings (SSSR count). The van der Waals surface area contributed by atoms with Crippen LogP contribution in [0.15, 0.2) is 91.3 Å². The number of halogens is 1. The van der Waals surface area contributed by atoms with Gasteiger partial charge in [0, 0.05) is 43.6 Å². The first-order valence-corrected chi connectivity index (χ1v) is 14.9. The Labute approximate surface area is 264 Å². The molecule has 1 aliphatic rings. The average molecular weight is 613 g/mol. The summed E-state index contributed by atoms with van der Waals surface area (Å²) in [5.74, 6) is 1.25. The summed E-state index contributed by atoms with van der Waals surface area (Å²) in [5, 5.41) is 26.4. The van der Waals surface area contributed by atoms with Crippen LogP contribution in [0.4, 0.5) is 16.0 Å². The third kappa shape index (κ3) is 5.67. The Kier molecular flexibility index (Phi) is 7.66. The van der Waals surface area contributed by atoms with Crippen LogP contribution in [0.25, 0.3) is 39.5 Å². The minimum Gasteiger partial charge on any atom is -0.710 e. The highest BCUT2D eigenvalue weighted by Gasteiger charge is 2.27. The van der Waals surface area contributed by atoms with Crippen LogP contribution in [0.2, 0.25) is 0 Å². The van der Waals surface area contributed by atoms with Gasteiger partial charge in [0.1, 0.15) is 34.9 Å². The number of nitrogen functional groups attached to an aromatic ring is 1. The zero-order valence-electron chi connectivity index (χ0n) is 24.7. The van der Waals surface area contributed by atoms with Crippen LogP contribution >= 0.6 is 0 Å². The van der Waals surface area contributed by atoms with Crippen LogP contribution in [0.5, 0.6) is 0 Å². The molecule has 228 valence electrons. The number of nitrogens with one attached hydrogen (secondary N) is 1. The van der Waals surface area contributed by atoms with Gasteiger partial charge in [-0.1, -0.05) is 12.1 Å². The molecular formula is C34H29FN10O. The van der Waals surface area contributed by atoms with E-state index < -0.39 is 0 Å². The van der Waals surface area contributed by atoms with Crippen molar-refractivity contribution in [3.05, 3.63) is 114 Å². The molecule has 0 atom stereocenters. The van der Waals surface area contributed by atoms with Gasteiger partial charge in [-0.2, -0.15) is 9.83 Å². The van der Waals surface area contributed by atoms with E-state index >= 15 is 0 Å². The van der Waals surface area contributed by atoms with E-state index in [0.29, 0.717) is 45.4 Å². The predicted octanol–water partition coefficient (Wildman–Crippen LogP) is 4.85. The standard InChI is InChI=1S/C34H29FN10O/c35-24-7-5-23(6-8-24)29-12-11-28-34(45(29)46)44(33(41-28)27-2-1-16-39-32(27)37)26-9-3-22(4-10-26)21-43-18-14-25(15-19-43)40-30-13-17-38-31(20-36)42-30/h1-13,16-17,25H,14-15,18-19,21H2,(H2,37,39)(H,38,40,42). The average Bonchev–Trinajstić information content (AvgIpc) is 3.47. The maximum absolute atomic E-state index is 13.9. The summed E-state index contributed by atoms with van der Waals surface area (Å²) >= 11 is 0. The number of anilines is 2. The second-order valence-electron chi connectivity index (χ2n) is 11.2. The SMILES string of the molecule is N#Cc1nccc(NC2CCN(Cc3ccc(-n4c(-c5cccnc5N)nc5ccc(-c6ccc(F)cc6)[n+]([O-])c54)cc3)CC2)n1. The van der Waals surface area contributed by atoms with Crippen molar-refractivity contribution in [2.75, 3.05) is 24.1 Å². The number of hydrogen-bond acceptors (Lipinski definition) is 9. The second-order valence-corrected chi connectivity index (χ2v) is 11.2. The Morgan fingerprint density at radius 1 is 0.957 bits per heavy atom. The maximum Gasteiger partial charge on any atom is 0.318 e. The maximum atomic E-state index is 13.9. The topological polar surface area (TPSA) is 149 Å². The van der Waals surface area contributed by atoms with E-state index in [1.54, 1.807) is 53.4 Å². The summed E-state index contributed by atoms with van der Waals surface area (Å²) < 4.78 is 16.3. The van der Waals surface area contributed by atoms with Crippen LogP contribution < -0.4 is 15.8 Å². The van der Waals surface area contributed by atoms with Crippen molar-refractivity contribution in [2.45, 2.75) is 25.4 Å². The summed E-state index contributed by atoms with van der Waals surface area (Å²) in [6.07, 6.45) is 5.09. The lowest BCUT2D eigenvalue weighted by Crippen LogP contribution is -2.38. The van der Waals surface area contributed by atoms with Gasteiger partial charge in [0.05, 0.1) is 5.56 Å². The van der Waals surface area contributed by atoms with E-state index in [2.05, 4.69) is 37.3 Å². The van der Waals surface area contributed by atoms with E-state index in [1.165, 1.54) is 12.1 Å². The minimum absolute atomic E-state index is 0.156. The number of likely N-dealkylation sites (tertiary alicyclic amines) is 1. The Bertz CT molecular complexity index is 2060. The Hall–Kier alpha value is -5.93. The summed E-state index contributed by atoms with van der Waals surface area (Å²) in [7, 11) is 0. The normalized spacial score (nSPS) is 13.9. The summed E-state index contributed by atoms with van der Waals surface area (Å²) in [5.41, 5.74) is 10.5. The molecule has 0 radical (unpaired) electrons. The number of hydrogen-bond donors (Lipinski definition) is 2. The number of nitrogens with zero attached hydrogens (tertiary/aromatic N) is 8. The molecule has 0 aliphatic carbocycles. The smallest absolute Gasteiger partial charge is 0.318 e. The fraction of sp³-hybridized carbons (Fsp3) is 0.176. The number of rotatable bonds is 7. The number of nitriles is 1. The summed E-state index contributed by atoms with van der Waals surface area (Å²) in [4.78, 5) is 19.6. The number of benzene rings is 2. The first-order chi connectivity index (χ1) is 22.5. The van der Waals surface area contributed by atoms with Gasteiger partial charge in [0.25, 0.3) is 0 Å². The Morgan fingerprint density at radius 3 is 2.48 bits per heavy atom. The van der Waals surface area contributed by atoms with E-state index in [1.807, 2.05) is 24.3 Å². The molecule has 1 fully saturated rings. The van der Waals surface area contributed by atoms with Crippen molar-refractivity contribution in [3.8, 4) is 34.4 Å². The molecule has 1 saturated heterocycles. The molecule has 0 spiro atoms. The molecule has 4 aromatic heterocycles. The number of nitrogens with two attached hydrogens (primary N) is 1. The highest BCUT2D eigenvalue weighted by Crippen LogP contribution is 2.31. The molecule has 12 heteroatoms. The van der Waals surface area contributed by atoms with Gasteiger partial charge < -0.3 is 16.3 Å². The van der Waals surface area contributed by atoms with Crippen LogP contribution in [0.3, 0.4) is 0 Å². The lowest BCUT2D eigenvalue weighted by molar-refractivity contribution is -0.567. The van der Waals surface area contributed by atoms with Gasteiger partial charge in [0.15, 0.2) is 5.52 Å². The van der Waals surface area contributed by atoms with Crippen molar-refractivity contribution in [1.29, 1.82) is 5.26 Å². The van der Waals surface area contributed by atoms with E-state index in [0.717, 1.165) is 48.5 Å². The van der Waals surface area contributed by atoms with Gasteiger partial charge in [-0.25, -0.2) is 29.1 Å². The monoisotopic (exact) mass is 612 g/mol. The molecule has 6 aromatic rings. The van der Waals surface area contributed by atoms with Crippen molar-refractivity contribution in [3.63, 3.8) is 0 Å². The molecule has 3 N–H and O–H groups in total. The first kappa shape index (κ1) is 28.8. The lowest BCUT2D eigenvalue weighted by atomic mass is 10.0. The molecule has 11 nitrogen and oxygen atoms in total. The van der Waals surface area contributed by atoms with Gasteiger partial charge in [-0.3, -0.25) is 4.90 Å². The first-order valence-electron chi connectivity index (χ1n) is 14.9. The fourth-order valence-corrected chi connectivity index (χ4v) is 5.89. The lowest BCUT2D eigenvalue weighted by Gasteiger charge is -2.32. The minimum atomic E-state index is -0.375. The molecule has 0 unspecified atom stereocenters. The molecule has 0 bridgehead atoms. The van der Waals surface area contributed by atoms with Crippen molar-refractivity contribution >= 4 is 22.8 Å². The summed E-state index contributed by atoms with van der Waals surface area (Å²) in [6.45, 7) is 2.60. The molecule has 46 heavy (non-hydrogen) atoms. The Balaban J connectivity index is 1.16. The van der Waals surface area contributed by atoms with E-state index in [4.69, 9.17) is 16.0 Å². The molecule has 2 aromatic carbocycles.